The molecule has 0 spiro atoms. The maximum Gasteiger partial charge on any atom is 0.393 e. The number of piperidine rings is 1. The first kappa shape index (κ1) is 17.5. The summed E-state index contributed by atoms with van der Waals surface area (Å²) in [6, 6.07) is -0.527. The van der Waals surface area contributed by atoms with E-state index in [0.717, 1.165) is 0 Å². The van der Waals surface area contributed by atoms with E-state index in [9.17, 15) is 18.0 Å². The van der Waals surface area contributed by atoms with Gasteiger partial charge in [0.25, 0.3) is 0 Å². The van der Waals surface area contributed by atoms with Crippen molar-refractivity contribution in [3.63, 3.8) is 0 Å². The van der Waals surface area contributed by atoms with Crippen molar-refractivity contribution >= 4 is 18.3 Å². The zero-order valence-electron chi connectivity index (χ0n) is 11.3. The number of hydrogen-bond donors (Lipinski definition) is 1. The lowest BCUT2D eigenvalue weighted by Gasteiger charge is -2.38. The van der Waals surface area contributed by atoms with Crippen LogP contribution in [0.25, 0.3) is 0 Å². The third-order valence-corrected chi connectivity index (χ3v) is 3.78. The molecule has 3 atom stereocenters. The second kappa shape index (κ2) is 6.95. The standard InChI is InChI=1S/C12H19F3N2O2.ClH/c1-8-10(16-4-6-19-8)11(18)17-5-2-3-9(7-17)12(13,14)15;/h8-10,16H,2-7H2,1H3;1H/t8-,9?,10+;/m1./s1. The normalized spacial score (nSPS) is 31.6. The van der Waals surface area contributed by atoms with Gasteiger partial charge < -0.3 is 15.0 Å². The van der Waals surface area contributed by atoms with E-state index < -0.39 is 18.1 Å². The summed E-state index contributed by atoms with van der Waals surface area (Å²) in [4.78, 5) is 13.6. The van der Waals surface area contributed by atoms with Crippen LogP contribution in [0.5, 0.6) is 0 Å². The Balaban J connectivity index is 0.00000200. The van der Waals surface area contributed by atoms with Gasteiger partial charge in [-0.25, -0.2) is 0 Å². The number of amides is 1. The summed E-state index contributed by atoms with van der Waals surface area (Å²) in [6.45, 7) is 3.01. The molecule has 2 fully saturated rings. The lowest BCUT2D eigenvalue weighted by atomic mass is 9.96. The summed E-state index contributed by atoms with van der Waals surface area (Å²) in [5.41, 5.74) is 0. The number of likely N-dealkylation sites (tertiary alicyclic amines) is 1. The Hall–Kier alpha value is -0.530. The molecule has 2 rings (SSSR count). The molecule has 0 aromatic carbocycles. The lowest BCUT2D eigenvalue weighted by molar-refractivity contribution is -0.189. The minimum Gasteiger partial charge on any atom is -0.375 e. The van der Waals surface area contributed by atoms with E-state index in [2.05, 4.69) is 5.32 Å². The molecule has 2 saturated heterocycles. The SMILES string of the molecule is C[C@H]1OCCN[C@@H]1C(=O)N1CCCC(C(F)(F)F)C1.Cl. The summed E-state index contributed by atoms with van der Waals surface area (Å²) < 4.78 is 43.5. The fourth-order valence-corrected chi connectivity index (χ4v) is 2.65. The number of halogens is 4. The number of hydrogen-bond acceptors (Lipinski definition) is 3. The molecule has 0 saturated carbocycles. The zero-order chi connectivity index (χ0) is 14.0. The van der Waals surface area contributed by atoms with Crippen molar-refractivity contribution in [1.82, 2.24) is 10.2 Å². The number of nitrogens with zero attached hydrogens (tertiary/aromatic N) is 1. The van der Waals surface area contributed by atoms with Crippen molar-refractivity contribution < 1.29 is 22.7 Å². The number of alkyl halides is 3. The average molecular weight is 317 g/mol. The van der Waals surface area contributed by atoms with E-state index in [-0.39, 0.29) is 37.4 Å². The van der Waals surface area contributed by atoms with Crippen molar-refractivity contribution in [1.29, 1.82) is 0 Å². The van der Waals surface area contributed by atoms with Crippen LogP contribution in [0.2, 0.25) is 0 Å². The molecule has 2 aliphatic rings. The highest BCUT2D eigenvalue weighted by Crippen LogP contribution is 2.33. The van der Waals surface area contributed by atoms with Gasteiger partial charge in [-0.15, -0.1) is 12.4 Å². The number of carbonyl (C=O) groups excluding carboxylic acids is 1. The third-order valence-electron chi connectivity index (χ3n) is 3.78. The third kappa shape index (κ3) is 3.99. The van der Waals surface area contributed by atoms with Crippen molar-refractivity contribution in [3.05, 3.63) is 0 Å². The van der Waals surface area contributed by atoms with Crippen LogP contribution in [0, 0.1) is 5.92 Å². The van der Waals surface area contributed by atoms with Crippen LogP contribution in [-0.4, -0.2) is 55.4 Å². The summed E-state index contributed by atoms with van der Waals surface area (Å²) in [5.74, 6) is -1.67. The van der Waals surface area contributed by atoms with Crippen molar-refractivity contribution in [2.24, 2.45) is 5.92 Å². The maximum absolute atomic E-state index is 12.7. The highest BCUT2D eigenvalue weighted by Gasteiger charge is 2.44. The molecule has 8 heteroatoms. The van der Waals surface area contributed by atoms with Crippen molar-refractivity contribution in [3.8, 4) is 0 Å². The van der Waals surface area contributed by atoms with Gasteiger partial charge in [0.15, 0.2) is 0 Å². The van der Waals surface area contributed by atoms with Crippen LogP contribution in [0.3, 0.4) is 0 Å². The molecule has 0 aromatic rings. The molecule has 2 heterocycles. The van der Waals surface area contributed by atoms with Gasteiger partial charge in [0.05, 0.1) is 18.6 Å². The van der Waals surface area contributed by atoms with Gasteiger partial charge in [0.2, 0.25) is 5.91 Å². The summed E-state index contributed by atoms with van der Waals surface area (Å²) in [6.07, 6.45) is -4.01. The van der Waals surface area contributed by atoms with Gasteiger partial charge in [-0.1, -0.05) is 0 Å². The smallest absolute Gasteiger partial charge is 0.375 e. The number of carbonyl (C=O) groups is 1. The maximum atomic E-state index is 12.7. The summed E-state index contributed by atoms with van der Waals surface area (Å²) >= 11 is 0. The molecule has 0 aromatic heterocycles. The lowest BCUT2D eigenvalue weighted by Crippen LogP contribution is -2.58. The Morgan fingerprint density at radius 3 is 2.70 bits per heavy atom. The molecular formula is C12H20ClF3N2O2. The van der Waals surface area contributed by atoms with E-state index in [1.165, 1.54) is 4.90 Å². The van der Waals surface area contributed by atoms with Gasteiger partial charge in [-0.05, 0) is 19.8 Å². The zero-order valence-corrected chi connectivity index (χ0v) is 12.1. The Morgan fingerprint density at radius 2 is 2.10 bits per heavy atom. The molecule has 20 heavy (non-hydrogen) atoms. The van der Waals surface area contributed by atoms with E-state index in [1.807, 2.05) is 0 Å². The first-order valence-electron chi connectivity index (χ1n) is 6.60. The number of morpholine rings is 1. The largest absolute Gasteiger partial charge is 0.393 e. The first-order valence-corrected chi connectivity index (χ1v) is 6.60. The molecule has 2 aliphatic heterocycles. The Morgan fingerprint density at radius 1 is 1.40 bits per heavy atom. The Kier molecular flexibility index (Phi) is 6.09. The number of nitrogens with one attached hydrogen (secondary N) is 1. The van der Waals surface area contributed by atoms with Crippen LogP contribution in [0.15, 0.2) is 0 Å². The minimum atomic E-state index is -4.22. The highest BCUT2D eigenvalue weighted by molar-refractivity contribution is 5.85. The van der Waals surface area contributed by atoms with Gasteiger partial charge in [-0.2, -0.15) is 13.2 Å². The van der Waals surface area contributed by atoms with Gasteiger partial charge >= 0.3 is 6.18 Å². The molecule has 1 unspecified atom stereocenters. The van der Waals surface area contributed by atoms with Crippen LogP contribution >= 0.6 is 12.4 Å². The summed E-state index contributed by atoms with van der Waals surface area (Å²) in [7, 11) is 0. The molecule has 0 bridgehead atoms. The molecule has 0 radical (unpaired) electrons. The van der Waals surface area contributed by atoms with Gasteiger partial charge in [0, 0.05) is 19.6 Å². The fraction of sp³-hybridized carbons (Fsp3) is 0.917. The molecule has 4 nitrogen and oxygen atoms in total. The predicted octanol–water partition coefficient (Wildman–Crippen LogP) is 1.59. The molecule has 1 amide bonds. The number of ether oxygens (including phenoxy) is 1. The van der Waals surface area contributed by atoms with Crippen molar-refractivity contribution in [2.45, 2.75) is 38.1 Å². The number of rotatable bonds is 1. The molecule has 1 N–H and O–H groups in total. The van der Waals surface area contributed by atoms with Gasteiger partial charge in [0.1, 0.15) is 6.04 Å². The average Bonchev–Trinajstić information content (AvgIpc) is 2.38. The first-order chi connectivity index (χ1) is 8.89. The quantitative estimate of drug-likeness (QED) is 0.799. The summed E-state index contributed by atoms with van der Waals surface area (Å²) in [5, 5.41) is 3.02. The van der Waals surface area contributed by atoms with Gasteiger partial charge in [-0.3, -0.25) is 4.79 Å². The van der Waals surface area contributed by atoms with E-state index >= 15 is 0 Å². The predicted molar refractivity (Wildman–Crippen MR) is 69.8 cm³/mol. The van der Waals surface area contributed by atoms with Crippen molar-refractivity contribution in [2.75, 3.05) is 26.2 Å². The topological polar surface area (TPSA) is 41.6 Å². The Bertz CT molecular complexity index is 341. The monoisotopic (exact) mass is 316 g/mol. The van der Waals surface area contributed by atoms with Crippen LogP contribution in [0.4, 0.5) is 13.2 Å². The Labute approximate surface area is 122 Å². The highest BCUT2D eigenvalue weighted by atomic mass is 35.5. The fourth-order valence-electron chi connectivity index (χ4n) is 2.65. The van der Waals surface area contributed by atoms with Crippen LogP contribution < -0.4 is 5.32 Å². The van der Waals surface area contributed by atoms with Crippen LogP contribution in [0.1, 0.15) is 19.8 Å². The minimum absolute atomic E-state index is 0. The van der Waals surface area contributed by atoms with E-state index in [1.54, 1.807) is 6.92 Å². The van der Waals surface area contributed by atoms with E-state index in [0.29, 0.717) is 26.1 Å². The second-order valence-electron chi connectivity index (χ2n) is 5.17. The van der Waals surface area contributed by atoms with Crippen LogP contribution in [-0.2, 0) is 9.53 Å². The van der Waals surface area contributed by atoms with E-state index in [4.69, 9.17) is 4.74 Å². The molecular weight excluding hydrogens is 297 g/mol. The second-order valence-corrected chi connectivity index (χ2v) is 5.17. The molecule has 118 valence electrons. The molecule has 0 aliphatic carbocycles.